The molecule has 0 aromatic carbocycles. The van der Waals surface area contributed by atoms with Crippen LogP contribution in [0.2, 0.25) is 0 Å². The molecule has 4 heteroatoms. The number of likely N-dealkylation sites (N-methyl/N-ethyl adjacent to an activating group) is 2. The quantitative estimate of drug-likeness (QED) is 0.862. The first-order valence-electron chi connectivity index (χ1n) is 5.95. The fourth-order valence-electron chi connectivity index (χ4n) is 1.54. The number of hydrogen-bond donors (Lipinski definition) is 1. The summed E-state index contributed by atoms with van der Waals surface area (Å²) in [5.41, 5.74) is 0.765. The highest BCUT2D eigenvalue weighted by atomic mass is 16.2. The van der Waals surface area contributed by atoms with Crippen molar-refractivity contribution in [2.45, 2.75) is 26.3 Å². The van der Waals surface area contributed by atoms with Gasteiger partial charge in [-0.2, -0.15) is 0 Å². The van der Waals surface area contributed by atoms with Crippen molar-refractivity contribution in [1.82, 2.24) is 14.8 Å². The molecule has 0 atom stereocenters. The van der Waals surface area contributed by atoms with Gasteiger partial charge in [0.25, 0.3) is 5.91 Å². The second-order valence-corrected chi connectivity index (χ2v) is 5.31. The Morgan fingerprint density at radius 1 is 1.47 bits per heavy atom. The van der Waals surface area contributed by atoms with Crippen LogP contribution in [0.5, 0.6) is 0 Å². The van der Waals surface area contributed by atoms with E-state index in [2.05, 4.69) is 30.7 Å². The molecule has 1 rings (SSSR count). The number of hydrogen-bond acceptors (Lipinski definition) is 2. The zero-order valence-corrected chi connectivity index (χ0v) is 11.4. The average molecular weight is 237 g/mol. The minimum atomic E-state index is 0.0159. The standard InChI is InChI=1S/C13H23N3O/c1-13(2,3)16-8-6-11(10-16)12(17)15(5)9-7-14-4/h6,8,10,14H,7,9H2,1-5H3. The van der Waals surface area contributed by atoms with Crippen LogP contribution >= 0.6 is 0 Å². The van der Waals surface area contributed by atoms with Crippen molar-refractivity contribution in [2.24, 2.45) is 0 Å². The van der Waals surface area contributed by atoms with Gasteiger partial charge in [0.05, 0.1) is 5.56 Å². The van der Waals surface area contributed by atoms with Crippen molar-refractivity contribution < 1.29 is 4.79 Å². The Hall–Kier alpha value is -1.29. The van der Waals surface area contributed by atoms with E-state index in [0.29, 0.717) is 0 Å². The van der Waals surface area contributed by atoms with Gasteiger partial charge in [-0.15, -0.1) is 0 Å². The lowest BCUT2D eigenvalue weighted by molar-refractivity contribution is 0.0796. The van der Waals surface area contributed by atoms with E-state index in [0.717, 1.165) is 18.7 Å². The Bertz CT molecular complexity index is 376. The highest BCUT2D eigenvalue weighted by molar-refractivity contribution is 5.93. The number of carbonyl (C=O) groups is 1. The van der Waals surface area contributed by atoms with Crippen LogP contribution in [-0.2, 0) is 5.54 Å². The van der Waals surface area contributed by atoms with Gasteiger partial charge >= 0.3 is 0 Å². The zero-order valence-electron chi connectivity index (χ0n) is 11.4. The van der Waals surface area contributed by atoms with Crippen molar-refractivity contribution in [2.75, 3.05) is 27.2 Å². The number of rotatable bonds is 4. The molecule has 1 amide bonds. The first kappa shape index (κ1) is 13.8. The molecule has 0 radical (unpaired) electrons. The van der Waals surface area contributed by atoms with Crippen LogP contribution in [0.1, 0.15) is 31.1 Å². The number of aromatic nitrogens is 1. The second kappa shape index (κ2) is 5.36. The molecule has 0 spiro atoms. The molecule has 1 aromatic heterocycles. The fourth-order valence-corrected chi connectivity index (χ4v) is 1.54. The third-order valence-electron chi connectivity index (χ3n) is 2.76. The Morgan fingerprint density at radius 2 is 2.12 bits per heavy atom. The van der Waals surface area contributed by atoms with Gasteiger partial charge in [-0.05, 0) is 33.9 Å². The molecule has 0 fully saturated rings. The smallest absolute Gasteiger partial charge is 0.255 e. The van der Waals surface area contributed by atoms with Crippen molar-refractivity contribution in [3.63, 3.8) is 0 Å². The molecule has 4 nitrogen and oxygen atoms in total. The summed E-state index contributed by atoms with van der Waals surface area (Å²) in [4.78, 5) is 13.8. The molecular weight excluding hydrogens is 214 g/mol. The average Bonchev–Trinajstić information content (AvgIpc) is 2.73. The van der Waals surface area contributed by atoms with Crippen molar-refractivity contribution in [3.8, 4) is 0 Å². The maximum Gasteiger partial charge on any atom is 0.255 e. The molecule has 0 bridgehead atoms. The van der Waals surface area contributed by atoms with E-state index in [-0.39, 0.29) is 11.4 Å². The molecule has 0 aliphatic carbocycles. The SMILES string of the molecule is CNCCN(C)C(=O)c1ccn(C(C)(C)C)c1. The van der Waals surface area contributed by atoms with E-state index in [1.165, 1.54) is 0 Å². The maximum atomic E-state index is 12.1. The number of nitrogens with zero attached hydrogens (tertiary/aromatic N) is 2. The maximum absolute atomic E-state index is 12.1. The normalized spacial score (nSPS) is 11.6. The number of nitrogens with one attached hydrogen (secondary N) is 1. The molecule has 1 heterocycles. The predicted molar refractivity (Wildman–Crippen MR) is 70.3 cm³/mol. The van der Waals surface area contributed by atoms with Gasteiger partial charge in [-0.3, -0.25) is 4.79 Å². The molecule has 0 aliphatic heterocycles. The highest BCUT2D eigenvalue weighted by Gasteiger charge is 2.17. The lowest BCUT2D eigenvalue weighted by Gasteiger charge is -2.21. The fraction of sp³-hybridized carbons (Fsp3) is 0.615. The number of carbonyl (C=O) groups excluding carboxylic acids is 1. The van der Waals surface area contributed by atoms with Crippen molar-refractivity contribution in [3.05, 3.63) is 24.0 Å². The van der Waals surface area contributed by atoms with Crippen molar-refractivity contribution >= 4 is 5.91 Å². The molecule has 1 N–H and O–H groups in total. The van der Waals surface area contributed by atoms with E-state index in [1.807, 2.05) is 32.6 Å². The number of amides is 1. The first-order valence-corrected chi connectivity index (χ1v) is 5.95. The summed E-state index contributed by atoms with van der Waals surface area (Å²) < 4.78 is 2.06. The Labute approximate surface area is 104 Å². The van der Waals surface area contributed by atoms with Crippen molar-refractivity contribution in [1.29, 1.82) is 0 Å². The molecular formula is C13H23N3O. The van der Waals surface area contributed by atoms with Gasteiger partial charge in [-0.25, -0.2) is 0 Å². The minimum absolute atomic E-state index is 0.0159. The zero-order chi connectivity index (χ0) is 13.1. The van der Waals surface area contributed by atoms with Gasteiger partial charge in [0.1, 0.15) is 0 Å². The summed E-state index contributed by atoms with van der Waals surface area (Å²) in [7, 11) is 3.71. The van der Waals surface area contributed by atoms with Gasteiger partial charge in [0.2, 0.25) is 0 Å². The molecule has 0 unspecified atom stereocenters. The molecule has 17 heavy (non-hydrogen) atoms. The van der Waals surface area contributed by atoms with Gasteiger partial charge in [0.15, 0.2) is 0 Å². The van der Waals surface area contributed by atoms with Crippen LogP contribution in [0.4, 0.5) is 0 Å². The summed E-state index contributed by atoms with van der Waals surface area (Å²) >= 11 is 0. The van der Waals surface area contributed by atoms with Crippen LogP contribution in [0.15, 0.2) is 18.5 Å². The summed E-state index contributed by atoms with van der Waals surface area (Å²) in [5.74, 6) is 0.0725. The van der Waals surface area contributed by atoms with Crippen LogP contribution in [0, 0.1) is 0 Å². The van der Waals surface area contributed by atoms with E-state index in [9.17, 15) is 4.79 Å². The van der Waals surface area contributed by atoms with Gasteiger partial charge in [-0.1, -0.05) is 0 Å². The highest BCUT2D eigenvalue weighted by Crippen LogP contribution is 2.16. The summed E-state index contributed by atoms with van der Waals surface area (Å²) in [6, 6.07) is 1.88. The van der Waals surface area contributed by atoms with E-state index in [4.69, 9.17) is 0 Å². The first-order chi connectivity index (χ1) is 7.86. The van der Waals surface area contributed by atoms with Crippen LogP contribution in [-0.4, -0.2) is 42.6 Å². The molecule has 0 aliphatic rings. The monoisotopic (exact) mass is 237 g/mol. The topological polar surface area (TPSA) is 37.3 Å². The van der Waals surface area contributed by atoms with Gasteiger partial charge in [0, 0.05) is 38.1 Å². The lowest BCUT2D eigenvalue weighted by Crippen LogP contribution is -2.32. The second-order valence-electron chi connectivity index (χ2n) is 5.31. The lowest BCUT2D eigenvalue weighted by atomic mass is 10.1. The van der Waals surface area contributed by atoms with E-state index < -0.39 is 0 Å². The molecule has 0 saturated heterocycles. The van der Waals surface area contributed by atoms with Crippen LogP contribution in [0.3, 0.4) is 0 Å². The van der Waals surface area contributed by atoms with E-state index >= 15 is 0 Å². The Balaban J connectivity index is 2.73. The predicted octanol–water partition coefficient (Wildman–Crippen LogP) is 1.53. The van der Waals surface area contributed by atoms with Crippen LogP contribution < -0.4 is 5.32 Å². The molecule has 96 valence electrons. The van der Waals surface area contributed by atoms with E-state index in [1.54, 1.807) is 4.90 Å². The van der Waals surface area contributed by atoms with Crippen LogP contribution in [0.25, 0.3) is 0 Å². The van der Waals surface area contributed by atoms with Gasteiger partial charge < -0.3 is 14.8 Å². The minimum Gasteiger partial charge on any atom is -0.348 e. The Morgan fingerprint density at radius 3 is 2.59 bits per heavy atom. The largest absolute Gasteiger partial charge is 0.348 e. The molecule has 1 aromatic rings. The third-order valence-corrected chi connectivity index (χ3v) is 2.76. The summed E-state index contributed by atoms with van der Waals surface area (Å²) in [6.45, 7) is 7.88. The summed E-state index contributed by atoms with van der Waals surface area (Å²) in [5, 5.41) is 3.04. The third kappa shape index (κ3) is 3.60. The molecule has 0 saturated carbocycles. The Kier molecular flexibility index (Phi) is 4.34. The summed E-state index contributed by atoms with van der Waals surface area (Å²) in [6.07, 6.45) is 3.87.